The average Bonchev–Trinajstić information content (AvgIpc) is 2.42. The summed E-state index contributed by atoms with van der Waals surface area (Å²) in [6.45, 7) is 7.15. The molecule has 1 fully saturated rings. The summed E-state index contributed by atoms with van der Waals surface area (Å²) in [5.41, 5.74) is 2.95. The van der Waals surface area contributed by atoms with Gasteiger partial charge in [0.1, 0.15) is 0 Å². The van der Waals surface area contributed by atoms with Gasteiger partial charge in [-0.15, -0.1) is 0 Å². The third kappa shape index (κ3) is 3.57. The second-order valence-electron chi connectivity index (χ2n) is 5.64. The fraction of sp³-hybridized carbons (Fsp3) is 0.562. The predicted octanol–water partition coefficient (Wildman–Crippen LogP) is 2.56. The smallest absolute Gasteiger partial charge is 0.251 e. The number of amides is 1. The second-order valence-corrected chi connectivity index (χ2v) is 5.64. The van der Waals surface area contributed by atoms with E-state index in [0.29, 0.717) is 6.04 Å². The van der Waals surface area contributed by atoms with E-state index < -0.39 is 0 Å². The summed E-state index contributed by atoms with van der Waals surface area (Å²) in [6.07, 6.45) is 3.64. The normalized spacial score (nSPS) is 20.9. The van der Waals surface area contributed by atoms with Crippen molar-refractivity contribution in [2.24, 2.45) is 0 Å². The van der Waals surface area contributed by atoms with E-state index in [9.17, 15) is 4.79 Å². The second kappa shape index (κ2) is 6.20. The Balaban J connectivity index is 2.01. The van der Waals surface area contributed by atoms with Crippen molar-refractivity contribution in [1.82, 2.24) is 10.6 Å². The molecule has 1 heterocycles. The zero-order valence-corrected chi connectivity index (χ0v) is 12.1. The highest BCUT2D eigenvalue weighted by Gasteiger charge is 2.21. The van der Waals surface area contributed by atoms with Crippen molar-refractivity contribution in [2.75, 3.05) is 6.54 Å². The van der Waals surface area contributed by atoms with Crippen molar-refractivity contribution in [3.05, 3.63) is 34.9 Å². The van der Waals surface area contributed by atoms with E-state index in [0.717, 1.165) is 29.7 Å². The lowest BCUT2D eigenvalue weighted by Gasteiger charge is -2.29. The van der Waals surface area contributed by atoms with Crippen LogP contribution in [0.2, 0.25) is 0 Å². The Hall–Kier alpha value is -1.35. The summed E-state index contributed by atoms with van der Waals surface area (Å²) in [4.78, 5) is 12.3. The van der Waals surface area contributed by atoms with Crippen LogP contribution >= 0.6 is 0 Å². The van der Waals surface area contributed by atoms with Gasteiger partial charge in [-0.25, -0.2) is 0 Å². The molecule has 1 aliphatic rings. The topological polar surface area (TPSA) is 41.1 Å². The molecule has 0 saturated carbocycles. The van der Waals surface area contributed by atoms with E-state index in [1.54, 1.807) is 0 Å². The number of hydrogen-bond donors (Lipinski definition) is 2. The molecular formula is C16H24N2O. The molecule has 104 valence electrons. The number of nitrogens with one attached hydrogen (secondary N) is 2. The van der Waals surface area contributed by atoms with Crippen molar-refractivity contribution in [2.45, 2.75) is 52.1 Å². The third-order valence-electron chi connectivity index (χ3n) is 3.95. The highest BCUT2D eigenvalue weighted by atomic mass is 16.1. The Morgan fingerprint density at radius 3 is 2.84 bits per heavy atom. The first-order valence-corrected chi connectivity index (χ1v) is 7.19. The largest absolute Gasteiger partial charge is 0.348 e. The zero-order valence-electron chi connectivity index (χ0n) is 12.1. The fourth-order valence-corrected chi connectivity index (χ4v) is 2.67. The molecule has 3 nitrogen and oxygen atoms in total. The van der Waals surface area contributed by atoms with Crippen LogP contribution in [0.5, 0.6) is 0 Å². The monoisotopic (exact) mass is 260 g/mol. The van der Waals surface area contributed by atoms with Crippen LogP contribution in [0.3, 0.4) is 0 Å². The van der Waals surface area contributed by atoms with E-state index in [2.05, 4.69) is 17.6 Å². The molecule has 2 atom stereocenters. The minimum absolute atomic E-state index is 0.0427. The summed E-state index contributed by atoms with van der Waals surface area (Å²) >= 11 is 0. The number of rotatable bonds is 3. The molecule has 2 rings (SSSR count). The maximum Gasteiger partial charge on any atom is 0.251 e. The molecule has 1 aliphatic heterocycles. The Labute approximate surface area is 115 Å². The van der Waals surface area contributed by atoms with Crippen molar-refractivity contribution in [3.63, 3.8) is 0 Å². The minimum atomic E-state index is 0.0427. The molecule has 1 aromatic carbocycles. The van der Waals surface area contributed by atoms with Crippen LogP contribution in [-0.4, -0.2) is 24.5 Å². The van der Waals surface area contributed by atoms with Gasteiger partial charge in [-0.05, 0) is 51.8 Å². The highest BCUT2D eigenvalue weighted by molar-refractivity contribution is 5.96. The lowest BCUT2D eigenvalue weighted by molar-refractivity contribution is 0.0927. The minimum Gasteiger partial charge on any atom is -0.348 e. The fourth-order valence-electron chi connectivity index (χ4n) is 2.67. The molecule has 0 aliphatic carbocycles. The third-order valence-corrected chi connectivity index (χ3v) is 3.95. The summed E-state index contributed by atoms with van der Waals surface area (Å²) in [6, 6.07) is 6.59. The Bertz CT molecular complexity index is 450. The van der Waals surface area contributed by atoms with Gasteiger partial charge in [-0.1, -0.05) is 24.1 Å². The number of carbonyl (C=O) groups excluding carboxylic acids is 1. The van der Waals surface area contributed by atoms with Crippen molar-refractivity contribution in [1.29, 1.82) is 0 Å². The standard InChI is InChI=1S/C16H24N2O/c1-11-7-8-12(2)14(10-11)16(19)18-13(3)15-6-4-5-9-17-15/h7-8,10,13,15,17H,4-6,9H2,1-3H3,(H,18,19). The van der Waals surface area contributed by atoms with Crippen LogP contribution in [0.15, 0.2) is 18.2 Å². The molecular weight excluding hydrogens is 236 g/mol. The molecule has 1 saturated heterocycles. The van der Waals surface area contributed by atoms with Crippen LogP contribution in [0.4, 0.5) is 0 Å². The maximum atomic E-state index is 12.3. The Kier molecular flexibility index (Phi) is 4.59. The summed E-state index contributed by atoms with van der Waals surface area (Å²) in [5.74, 6) is 0.0427. The van der Waals surface area contributed by atoms with Crippen LogP contribution in [-0.2, 0) is 0 Å². The Morgan fingerprint density at radius 2 is 2.16 bits per heavy atom. The van der Waals surface area contributed by atoms with Gasteiger partial charge in [0.05, 0.1) is 0 Å². The lowest BCUT2D eigenvalue weighted by atomic mass is 9.98. The summed E-state index contributed by atoms with van der Waals surface area (Å²) in [5, 5.41) is 6.62. The van der Waals surface area contributed by atoms with Gasteiger partial charge in [0, 0.05) is 17.6 Å². The van der Waals surface area contributed by atoms with Crippen molar-refractivity contribution < 1.29 is 4.79 Å². The van der Waals surface area contributed by atoms with Gasteiger partial charge in [0.25, 0.3) is 5.91 Å². The number of hydrogen-bond acceptors (Lipinski definition) is 2. The van der Waals surface area contributed by atoms with Crippen molar-refractivity contribution >= 4 is 5.91 Å². The van der Waals surface area contributed by atoms with E-state index >= 15 is 0 Å². The molecule has 2 unspecified atom stereocenters. The van der Waals surface area contributed by atoms with Gasteiger partial charge < -0.3 is 10.6 Å². The molecule has 1 amide bonds. The van der Waals surface area contributed by atoms with Gasteiger partial charge in [-0.3, -0.25) is 4.79 Å². The van der Waals surface area contributed by atoms with E-state index in [1.807, 2.05) is 32.0 Å². The van der Waals surface area contributed by atoms with Crippen LogP contribution < -0.4 is 10.6 Å². The molecule has 3 heteroatoms. The van der Waals surface area contributed by atoms with Crippen LogP contribution in [0.25, 0.3) is 0 Å². The van der Waals surface area contributed by atoms with Crippen molar-refractivity contribution in [3.8, 4) is 0 Å². The van der Waals surface area contributed by atoms with Gasteiger partial charge in [0.15, 0.2) is 0 Å². The first-order valence-electron chi connectivity index (χ1n) is 7.19. The maximum absolute atomic E-state index is 12.3. The van der Waals surface area contributed by atoms with E-state index in [4.69, 9.17) is 0 Å². The van der Waals surface area contributed by atoms with E-state index in [-0.39, 0.29) is 11.9 Å². The zero-order chi connectivity index (χ0) is 13.8. The number of aryl methyl sites for hydroxylation is 2. The molecule has 0 bridgehead atoms. The lowest BCUT2D eigenvalue weighted by Crippen LogP contribution is -2.50. The molecule has 0 aromatic heterocycles. The van der Waals surface area contributed by atoms with Crippen LogP contribution in [0, 0.1) is 13.8 Å². The molecule has 19 heavy (non-hydrogen) atoms. The molecule has 1 aromatic rings. The first-order chi connectivity index (χ1) is 9.08. The van der Waals surface area contributed by atoms with Gasteiger partial charge in [0.2, 0.25) is 0 Å². The summed E-state index contributed by atoms with van der Waals surface area (Å²) in [7, 11) is 0. The van der Waals surface area contributed by atoms with Crippen LogP contribution in [0.1, 0.15) is 47.7 Å². The first kappa shape index (κ1) is 14.1. The average molecular weight is 260 g/mol. The number of benzene rings is 1. The molecule has 2 N–H and O–H groups in total. The highest BCUT2D eigenvalue weighted by Crippen LogP contribution is 2.13. The predicted molar refractivity (Wildman–Crippen MR) is 78.5 cm³/mol. The molecule has 0 radical (unpaired) electrons. The molecule has 0 spiro atoms. The number of carbonyl (C=O) groups is 1. The van der Waals surface area contributed by atoms with Gasteiger partial charge in [-0.2, -0.15) is 0 Å². The quantitative estimate of drug-likeness (QED) is 0.877. The SMILES string of the molecule is Cc1ccc(C)c(C(=O)NC(C)C2CCCCN2)c1. The number of piperidine rings is 1. The Morgan fingerprint density at radius 1 is 1.37 bits per heavy atom. The van der Waals surface area contributed by atoms with E-state index in [1.165, 1.54) is 12.8 Å². The summed E-state index contributed by atoms with van der Waals surface area (Å²) < 4.78 is 0. The van der Waals surface area contributed by atoms with Gasteiger partial charge >= 0.3 is 0 Å².